The Hall–Kier alpha value is -0.320. The molecule has 0 aliphatic carbocycles. The van der Waals surface area contributed by atoms with Gasteiger partial charge in [-0.1, -0.05) is 13.8 Å². The molecule has 0 saturated carbocycles. The monoisotopic (exact) mass is 212 g/mol. The smallest absolute Gasteiger partial charge is 0.110 e. The van der Waals surface area contributed by atoms with Crippen molar-refractivity contribution in [3.05, 3.63) is 0 Å². The summed E-state index contributed by atoms with van der Waals surface area (Å²) in [5.41, 5.74) is 0. The highest BCUT2D eigenvalue weighted by atomic mass is 17.1. The average molecular weight is 212 g/mol. The second-order valence-electron chi connectivity index (χ2n) is 3.16. The highest BCUT2D eigenvalue weighted by molar-refractivity contribution is 4.57. The predicted molar refractivity (Wildman–Crippen MR) is 41.1 cm³/mol. The molecule has 0 fully saturated rings. The first-order valence-electron chi connectivity index (χ1n) is 4.07. The van der Waals surface area contributed by atoms with Gasteiger partial charge >= 0.3 is 0 Å². The van der Waals surface area contributed by atoms with Gasteiger partial charge in [-0.05, 0) is 12.3 Å². The molecule has 0 bridgehead atoms. The lowest BCUT2D eigenvalue weighted by molar-refractivity contribution is -0.527. The number of hydrogen-bond donors (Lipinski definition) is 4. The van der Waals surface area contributed by atoms with E-state index in [1.54, 1.807) is 0 Å². The van der Waals surface area contributed by atoms with Crippen molar-refractivity contribution in [3.63, 3.8) is 0 Å². The summed E-state index contributed by atoms with van der Waals surface area (Å²) in [7, 11) is 0. The van der Waals surface area contributed by atoms with Gasteiger partial charge in [-0.15, -0.1) is 0 Å². The molecule has 0 heterocycles. The Morgan fingerprint density at radius 3 is 2.00 bits per heavy atom. The first-order chi connectivity index (χ1) is 6.41. The summed E-state index contributed by atoms with van der Waals surface area (Å²) in [6.07, 6.45) is -0.224. The summed E-state index contributed by atoms with van der Waals surface area (Å²) >= 11 is 0. The third-order valence-electron chi connectivity index (χ3n) is 1.35. The number of hydrogen-bond acceptors (Lipinski definition) is 8. The Balaban J connectivity index is 3.84. The molecule has 1 atom stereocenters. The van der Waals surface area contributed by atoms with E-state index < -0.39 is 16.9 Å². The van der Waals surface area contributed by atoms with Gasteiger partial charge in [0.2, 0.25) is 0 Å². The minimum absolute atomic E-state index is 0.219. The largest absolute Gasteiger partial charge is 0.266 e. The van der Waals surface area contributed by atoms with Gasteiger partial charge in [0, 0.05) is 0 Å². The summed E-state index contributed by atoms with van der Waals surface area (Å²) in [5, 5.41) is 32.3. The second-order valence-corrected chi connectivity index (χ2v) is 3.16. The molecule has 0 saturated heterocycles. The highest BCUT2D eigenvalue weighted by Crippen LogP contribution is 2.09. The van der Waals surface area contributed by atoms with Crippen molar-refractivity contribution in [1.82, 2.24) is 10.8 Å². The van der Waals surface area contributed by atoms with E-state index in [0.29, 0.717) is 6.42 Å². The Bertz CT molecular complexity index is 132. The fraction of sp³-hybridized carbons (Fsp3) is 1.00. The maximum Gasteiger partial charge on any atom is 0.110 e. The molecular formula is C6H16N2O6. The van der Waals surface area contributed by atoms with Crippen molar-refractivity contribution in [3.8, 4) is 0 Å². The molecule has 0 aliphatic rings. The van der Waals surface area contributed by atoms with E-state index in [9.17, 15) is 0 Å². The van der Waals surface area contributed by atoms with Crippen LogP contribution < -0.4 is 0 Å². The van der Waals surface area contributed by atoms with E-state index in [-0.39, 0.29) is 12.5 Å². The van der Waals surface area contributed by atoms with E-state index >= 15 is 0 Å². The first kappa shape index (κ1) is 13.7. The molecule has 0 aliphatic heterocycles. The molecule has 86 valence electrons. The van der Waals surface area contributed by atoms with Crippen LogP contribution in [0.2, 0.25) is 0 Å². The molecule has 4 N–H and O–H groups in total. The van der Waals surface area contributed by atoms with E-state index in [2.05, 4.69) is 9.68 Å². The molecule has 0 unspecified atom stereocenters. The van der Waals surface area contributed by atoms with Gasteiger partial charge in [0.05, 0.1) is 10.8 Å². The Morgan fingerprint density at radius 2 is 1.64 bits per heavy atom. The van der Waals surface area contributed by atoms with Crippen molar-refractivity contribution < 1.29 is 30.5 Å². The first-order valence-corrected chi connectivity index (χ1v) is 4.07. The quantitative estimate of drug-likeness (QED) is 0.450. The molecule has 8 nitrogen and oxygen atoms in total. The minimum atomic E-state index is -0.688. The predicted octanol–water partition coefficient (Wildman–Crippen LogP) is 0.425. The van der Waals surface area contributed by atoms with E-state index in [1.807, 2.05) is 13.8 Å². The molecule has 0 rings (SSSR count). The average Bonchev–Trinajstić information content (AvgIpc) is 1.97. The summed E-state index contributed by atoms with van der Waals surface area (Å²) < 4.78 is 0. The zero-order chi connectivity index (χ0) is 11.1. The topological polar surface area (TPSA) is 106 Å². The normalized spacial score (nSPS) is 14.4. The zero-order valence-electron chi connectivity index (χ0n) is 8.07. The Labute approximate surface area is 81.2 Å². The van der Waals surface area contributed by atoms with Crippen molar-refractivity contribution in [1.29, 1.82) is 0 Å². The number of rotatable bonds is 7. The maximum absolute atomic E-state index is 8.37. The van der Waals surface area contributed by atoms with Crippen molar-refractivity contribution >= 4 is 0 Å². The lowest BCUT2D eigenvalue weighted by Gasteiger charge is -2.20. The summed E-state index contributed by atoms with van der Waals surface area (Å²) in [6, 6.07) is 0. The van der Waals surface area contributed by atoms with Gasteiger partial charge in [0.15, 0.2) is 0 Å². The third-order valence-corrected chi connectivity index (χ3v) is 1.35. The van der Waals surface area contributed by atoms with E-state index in [1.165, 1.54) is 0 Å². The summed E-state index contributed by atoms with van der Waals surface area (Å²) in [4.78, 5) is 8.76. The molecular weight excluding hydrogens is 196 g/mol. The Kier molecular flexibility index (Phi) is 6.87. The molecule has 0 aromatic carbocycles. The van der Waals surface area contributed by atoms with Gasteiger partial charge in [0.25, 0.3) is 0 Å². The maximum atomic E-state index is 8.37. The van der Waals surface area contributed by atoms with Gasteiger partial charge in [0.1, 0.15) is 12.7 Å². The zero-order valence-corrected chi connectivity index (χ0v) is 8.07. The SMILES string of the molecule is CC(C)C[C@@H](CON(O)O)ON(O)O. The van der Waals surface area contributed by atoms with Crippen molar-refractivity contribution in [2.75, 3.05) is 6.61 Å². The van der Waals surface area contributed by atoms with Crippen LogP contribution in [-0.2, 0) is 9.68 Å². The standard InChI is InChI=1S/C6H16N2O6/c1-5(2)3-6(14-8(11)12)4-13-7(9)10/h5-6,9-12H,3-4H2,1-2H3/t6-/m0/s1. The van der Waals surface area contributed by atoms with Crippen LogP contribution in [0.5, 0.6) is 0 Å². The van der Waals surface area contributed by atoms with Gasteiger partial charge < -0.3 is 0 Å². The molecule has 0 aromatic rings. The fourth-order valence-corrected chi connectivity index (χ4v) is 0.950. The van der Waals surface area contributed by atoms with Crippen molar-refractivity contribution in [2.45, 2.75) is 26.4 Å². The van der Waals surface area contributed by atoms with E-state index in [0.717, 1.165) is 0 Å². The third kappa shape index (κ3) is 8.29. The molecule has 0 aromatic heterocycles. The van der Waals surface area contributed by atoms with Crippen LogP contribution in [0.3, 0.4) is 0 Å². The van der Waals surface area contributed by atoms with Gasteiger partial charge in [-0.25, -0.2) is 9.68 Å². The van der Waals surface area contributed by atoms with Crippen LogP contribution in [0.1, 0.15) is 20.3 Å². The molecule has 8 heteroatoms. The van der Waals surface area contributed by atoms with Crippen LogP contribution in [0, 0.1) is 5.92 Å². The second kappa shape index (κ2) is 7.04. The fourth-order valence-electron chi connectivity index (χ4n) is 0.950. The highest BCUT2D eigenvalue weighted by Gasteiger charge is 2.16. The lowest BCUT2D eigenvalue weighted by Crippen LogP contribution is -2.31. The molecule has 0 amide bonds. The summed E-state index contributed by atoms with van der Waals surface area (Å²) in [6.45, 7) is 3.57. The van der Waals surface area contributed by atoms with Crippen LogP contribution in [0.4, 0.5) is 0 Å². The van der Waals surface area contributed by atoms with Crippen LogP contribution >= 0.6 is 0 Å². The van der Waals surface area contributed by atoms with Crippen LogP contribution in [-0.4, -0.2) is 44.3 Å². The lowest BCUT2D eigenvalue weighted by atomic mass is 10.1. The van der Waals surface area contributed by atoms with Gasteiger partial charge in [-0.3, -0.25) is 20.8 Å². The molecule has 0 radical (unpaired) electrons. The minimum Gasteiger partial charge on any atom is -0.266 e. The van der Waals surface area contributed by atoms with Crippen molar-refractivity contribution in [2.24, 2.45) is 5.92 Å². The van der Waals surface area contributed by atoms with Crippen LogP contribution in [0.15, 0.2) is 0 Å². The number of nitrogens with zero attached hydrogens (tertiary/aromatic N) is 2. The Morgan fingerprint density at radius 1 is 1.07 bits per heavy atom. The molecule has 14 heavy (non-hydrogen) atoms. The van der Waals surface area contributed by atoms with E-state index in [4.69, 9.17) is 20.8 Å². The summed E-state index contributed by atoms with van der Waals surface area (Å²) in [5.74, 6) is 0.231. The van der Waals surface area contributed by atoms with Gasteiger partial charge in [-0.2, -0.15) is 0 Å². The molecule has 0 spiro atoms. The van der Waals surface area contributed by atoms with Crippen LogP contribution in [0.25, 0.3) is 0 Å².